The molecule has 1 aliphatic rings. The summed E-state index contributed by atoms with van der Waals surface area (Å²) in [6, 6.07) is 15.1. The second-order valence-corrected chi connectivity index (χ2v) is 4.29. The third-order valence-electron chi connectivity index (χ3n) is 3.25. The lowest BCUT2D eigenvalue weighted by Gasteiger charge is -2.24. The summed E-state index contributed by atoms with van der Waals surface area (Å²) < 4.78 is 5.23. The van der Waals surface area contributed by atoms with Crippen LogP contribution in [0, 0.1) is 0 Å². The average molecular weight is 254 g/mol. The van der Waals surface area contributed by atoms with Crippen LogP contribution in [0.5, 0.6) is 0 Å². The lowest BCUT2D eigenvalue weighted by atomic mass is 9.86. The molecule has 1 N–H and O–H groups in total. The number of carboxylic acids is 1. The van der Waals surface area contributed by atoms with Crippen molar-refractivity contribution >= 4 is 11.9 Å². The summed E-state index contributed by atoms with van der Waals surface area (Å²) in [5.41, 5.74) is -0.636. The van der Waals surface area contributed by atoms with Crippen molar-refractivity contribution in [2.45, 2.75) is 5.60 Å². The van der Waals surface area contributed by atoms with E-state index < -0.39 is 17.5 Å². The summed E-state index contributed by atoms with van der Waals surface area (Å²) in [6.07, 6.45) is 0. The summed E-state index contributed by atoms with van der Waals surface area (Å²) in [5, 5.41) is 9.60. The second kappa shape index (κ2) is 3.95. The van der Waals surface area contributed by atoms with Crippen LogP contribution in [0.25, 0.3) is 0 Å². The van der Waals surface area contributed by atoms with E-state index in [-0.39, 0.29) is 0 Å². The third kappa shape index (κ3) is 1.46. The van der Waals surface area contributed by atoms with Crippen LogP contribution in [0.1, 0.15) is 21.5 Å². The Labute approximate surface area is 109 Å². The van der Waals surface area contributed by atoms with Gasteiger partial charge in [0.2, 0.25) is 0 Å². The Bertz CT molecular complexity index is 663. The van der Waals surface area contributed by atoms with Crippen molar-refractivity contribution < 1.29 is 19.4 Å². The molecule has 0 amide bonds. The summed E-state index contributed by atoms with van der Waals surface area (Å²) in [7, 11) is 0. The third-order valence-corrected chi connectivity index (χ3v) is 3.25. The molecule has 1 unspecified atom stereocenters. The van der Waals surface area contributed by atoms with Gasteiger partial charge in [-0.2, -0.15) is 0 Å². The number of carboxylic acid groups (broad SMARTS) is 1. The first kappa shape index (κ1) is 11.5. The van der Waals surface area contributed by atoms with Crippen molar-refractivity contribution in [3.05, 3.63) is 71.3 Å². The Morgan fingerprint density at radius 3 is 2.32 bits per heavy atom. The minimum Gasteiger partial charge on any atom is -0.478 e. The van der Waals surface area contributed by atoms with Gasteiger partial charge >= 0.3 is 11.9 Å². The van der Waals surface area contributed by atoms with E-state index in [0.717, 1.165) is 0 Å². The largest absolute Gasteiger partial charge is 0.478 e. The summed E-state index contributed by atoms with van der Waals surface area (Å²) >= 11 is 0. The van der Waals surface area contributed by atoms with Gasteiger partial charge in [0.05, 0.1) is 5.56 Å². The van der Waals surface area contributed by atoms with Crippen molar-refractivity contribution in [3.63, 3.8) is 0 Å². The van der Waals surface area contributed by atoms with E-state index in [1.54, 1.807) is 54.6 Å². The van der Waals surface area contributed by atoms with E-state index in [0.29, 0.717) is 16.7 Å². The number of hydrogen-bond acceptors (Lipinski definition) is 3. The van der Waals surface area contributed by atoms with Gasteiger partial charge in [-0.05, 0) is 6.07 Å². The number of esters is 1. The molecule has 0 aliphatic carbocycles. The van der Waals surface area contributed by atoms with E-state index >= 15 is 0 Å². The summed E-state index contributed by atoms with van der Waals surface area (Å²) in [5.74, 6) is -1.81. The Morgan fingerprint density at radius 2 is 1.63 bits per heavy atom. The number of ether oxygens (including phenoxy) is 1. The highest BCUT2D eigenvalue weighted by molar-refractivity contribution is 6.02. The van der Waals surface area contributed by atoms with Crippen molar-refractivity contribution in [2.24, 2.45) is 0 Å². The van der Waals surface area contributed by atoms with Gasteiger partial charge in [0.15, 0.2) is 0 Å². The highest BCUT2D eigenvalue weighted by Gasteiger charge is 2.53. The lowest BCUT2D eigenvalue weighted by Crippen LogP contribution is -2.37. The first-order chi connectivity index (χ1) is 9.16. The Balaban J connectivity index is 2.31. The first-order valence-corrected chi connectivity index (χ1v) is 5.78. The van der Waals surface area contributed by atoms with Gasteiger partial charge in [0.25, 0.3) is 5.60 Å². The van der Waals surface area contributed by atoms with Crippen LogP contribution in [-0.2, 0) is 15.1 Å². The van der Waals surface area contributed by atoms with Crippen molar-refractivity contribution in [3.8, 4) is 0 Å². The number of hydrogen-bond donors (Lipinski definition) is 1. The Kier molecular flexibility index (Phi) is 2.38. The summed E-state index contributed by atoms with van der Waals surface area (Å²) in [6.45, 7) is 0. The highest BCUT2D eigenvalue weighted by atomic mass is 16.6. The highest BCUT2D eigenvalue weighted by Crippen LogP contribution is 2.41. The minimum absolute atomic E-state index is 0.300. The molecule has 3 rings (SSSR count). The van der Waals surface area contributed by atoms with E-state index in [9.17, 15) is 14.7 Å². The topological polar surface area (TPSA) is 63.6 Å². The van der Waals surface area contributed by atoms with Crippen LogP contribution in [0.15, 0.2) is 54.6 Å². The van der Waals surface area contributed by atoms with Gasteiger partial charge in [-0.15, -0.1) is 0 Å². The maximum absolute atomic E-state index is 11.9. The Hall–Kier alpha value is -2.62. The lowest BCUT2D eigenvalue weighted by molar-refractivity contribution is -0.154. The second-order valence-electron chi connectivity index (χ2n) is 4.29. The van der Waals surface area contributed by atoms with Gasteiger partial charge in [-0.25, -0.2) is 9.59 Å². The molecule has 1 heterocycles. The van der Waals surface area contributed by atoms with Crippen LogP contribution < -0.4 is 0 Å². The molecule has 1 aliphatic heterocycles. The van der Waals surface area contributed by atoms with Gasteiger partial charge in [0, 0.05) is 11.1 Å². The molecular formula is C15H10O4. The van der Waals surface area contributed by atoms with Crippen LogP contribution in [0.2, 0.25) is 0 Å². The SMILES string of the molecule is O=C1OC(C(=O)O)(c2ccccc2)c2ccccc21. The molecule has 0 aromatic heterocycles. The number of rotatable bonds is 2. The smallest absolute Gasteiger partial charge is 0.357 e. The quantitative estimate of drug-likeness (QED) is 0.834. The number of cyclic esters (lactones) is 1. The molecule has 94 valence electrons. The zero-order valence-electron chi connectivity index (χ0n) is 9.87. The molecule has 0 radical (unpaired) electrons. The summed E-state index contributed by atoms with van der Waals surface area (Å²) in [4.78, 5) is 23.6. The van der Waals surface area contributed by atoms with E-state index in [1.165, 1.54) is 0 Å². The fourth-order valence-electron chi connectivity index (χ4n) is 2.39. The van der Waals surface area contributed by atoms with Crippen molar-refractivity contribution in [1.82, 2.24) is 0 Å². The molecule has 0 fully saturated rings. The van der Waals surface area contributed by atoms with Crippen LogP contribution in [-0.4, -0.2) is 17.0 Å². The molecule has 4 nitrogen and oxygen atoms in total. The fraction of sp³-hybridized carbons (Fsp3) is 0.0667. The monoisotopic (exact) mass is 254 g/mol. The van der Waals surface area contributed by atoms with E-state index in [4.69, 9.17) is 4.74 Å². The predicted molar refractivity (Wildman–Crippen MR) is 66.7 cm³/mol. The normalized spacial score (nSPS) is 20.7. The standard InChI is InChI=1S/C15H10O4/c16-13-11-8-4-5-9-12(11)15(19-13,14(17)18)10-6-2-1-3-7-10/h1-9H,(H,17,18). The predicted octanol–water partition coefficient (Wildman–Crippen LogP) is 2.19. The molecule has 4 heteroatoms. The molecule has 2 aromatic carbocycles. The number of carbonyl (C=O) groups is 2. The molecule has 0 saturated carbocycles. The molecule has 1 atom stereocenters. The number of carbonyl (C=O) groups excluding carboxylic acids is 1. The molecule has 2 aromatic rings. The van der Waals surface area contributed by atoms with Crippen molar-refractivity contribution in [1.29, 1.82) is 0 Å². The van der Waals surface area contributed by atoms with Crippen LogP contribution in [0.3, 0.4) is 0 Å². The van der Waals surface area contributed by atoms with Gasteiger partial charge in [-0.1, -0.05) is 48.5 Å². The zero-order valence-corrected chi connectivity index (χ0v) is 9.87. The molecule has 19 heavy (non-hydrogen) atoms. The number of benzene rings is 2. The van der Waals surface area contributed by atoms with Crippen LogP contribution in [0.4, 0.5) is 0 Å². The van der Waals surface area contributed by atoms with Gasteiger partial charge in [-0.3, -0.25) is 0 Å². The number of fused-ring (bicyclic) bond motifs is 1. The molecular weight excluding hydrogens is 244 g/mol. The maximum atomic E-state index is 11.9. The average Bonchev–Trinajstić information content (AvgIpc) is 2.75. The first-order valence-electron chi connectivity index (χ1n) is 5.78. The minimum atomic E-state index is -1.74. The van der Waals surface area contributed by atoms with Gasteiger partial charge < -0.3 is 9.84 Å². The maximum Gasteiger partial charge on any atom is 0.357 e. The zero-order chi connectivity index (χ0) is 13.5. The Morgan fingerprint density at radius 1 is 1.00 bits per heavy atom. The van der Waals surface area contributed by atoms with E-state index in [1.807, 2.05) is 0 Å². The molecule has 0 saturated heterocycles. The number of aliphatic carboxylic acids is 1. The fourth-order valence-corrected chi connectivity index (χ4v) is 2.39. The molecule has 0 spiro atoms. The van der Waals surface area contributed by atoms with Gasteiger partial charge in [0.1, 0.15) is 0 Å². The van der Waals surface area contributed by atoms with E-state index in [2.05, 4.69) is 0 Å². The molecule has 0 bridgehead atoms. The van der Waals surface area contributed by atoms with Crippen LogP contribution >= 0.6 is 0 Å². The van der Waals surface area contributed by atoms with Crippen molar-refractivity contribution in [2.75, 3.05) is 0 Å².